The van der Waals surface area contributed by atoms with Crippen molar-refractivity contribution >= 4 is 10.9 Å². The topological polar surface area (TPSA) is 35.0 Å². The second-order valence-corrected chi connectivity index (χ2v) is 4.25. The van der Waals surface area contributed by atoms with Gasteiger partial charge in [0.15, 0.2) is 0 Å². The lowest BCUT2D eigenvalue weighted by Gasteiger charge is -1.99. The Hall–Kier alpha value is -2.86. The molecule has 20 heavy (non-hydrogen) atoms. The quantitative estimate of drug-likeness (QED) is 0.631. The van der Waals surface area contributed by atoms with Crippen molar-refractivity contribution in [3.63, 3.8) is 0 Å². The van der Waals surface area contributed by atoms with Crippen molar-refractivity contribution < 1.29 is 4.74 Å². The summed E-state index contributed by atoms with van der Waals surface area (Å²) >= 11 is 0. The molecule has 3 rings (SSSR count). The highest BCUT2D eigenvalue weighted by Crippen LogP contribution is 2.15. The number of ether oxygens (including phenoxy) is 1. The van der Waals surface area contributed by atoms with Crippen molar-refractivity contribution in [3.05, 3.63) is 66.1 Å². The van der Waals surface area contributed by atoms with E-state index in [9.17, 15) is 0 Å². The summed E-state index contributed by atoms with van der Waals surface area (Å²) in [6.45, 7) is 0. The van der Waals surface area contributed by atoms with Crippen molar-refractivity contribution in [1.29, 1.82) is 0 Å². The van der Waals surface area contributed by atoms with Gasteiger partial charge in [0.05, 0.1) is 18.2 Å². The maximum atomic E-state index is 5.19. The molecule has 2 aromatic carbocycles. The highest BCUT2D eigenvalue weighted by atomic mass is 16.5. The summed E-state index contributed by atoms with van der Waals surface area (Å²) < 4.78 is 5.19. The molecule has 0 radical (unpaired) electrons. The van der Waals surface area contributed by atoms with Crippen molar-refractivity contribution in [1.82, 2.24) is 9.97 Å². The molecule has 1 aromatic heterocycles. The van der Waals surface area contributed by atoms with Gasteiger partial charge in [-0.2, -0.15) is 0 Å². The van der Waals surface area contributed by atoms with Crippen LogP contribution in [-0.2, 0) is 0 Å². The molecule has 0 saturated heterocycles. The molecule has 0 aliphatic carbocycles. The number of benzene rings is 2. The lowest BCUT2D eigenvalue weighted by molar-refractivity contribution is 0.414. The molecular weight excluding hydrogens is 248 g/mol. The van der Waals surface area contributed by atoms with Crippen LogP contribution < -0.4 is 4.74 Å². The maximum Gasteiger partial charge on any atom is 0.120 e. The van der Waals surface area contributed by atoms with Crippen molar-refractivity contribution in [2.24, 2.45) is 0 Å². The smallest absolute Gasteiger partial charge is 0.120 e. The van der Waals surface area contributed by atoms with Gasteiger partial charge < -0.3 is 4.74 Å². The van der Waals surface area contributed by atoms with Crippen LogP contribution in [-0.4, -0.2) is 17.1 Å². The highest BCUT2D eigenvalue weighted by Gasteiger charge is 1.98. The molecule has 0 fully saturated rings. The summed E-state index contributed by atoms with van der Waals surface area (Å²) in [5.41, 5.74) is 2.68. The first kappa shape index (κ1) is 12.2. The number of nitrogens with zero attached hydrogens (tertiary/aromatic N) is 2. The maximum absolute atomic E-state index is 5.19. The Bertz CT molecular complexity index is 810. The van der Waals surface area contributed by atoms with Gasteiger partial charge in [-0.3, -0.25) is 0 Å². The fourth-order valence-corrected chi connectivity index (χ4v) is 1.96. The van der Waals surface area contributed by atoms with Gasteiger partial charge in [0.25, 0.3) is 0 Å². The van der Waals surface area contributed by atoms with Crippen LogP contribution in [0.5, 0.6) is 5.75 Å². The monoisotopic (exact) mass is 260 g/mol. The van der Waals surface area contributed by atoms with Gasteiger partial charge in [-0.15, -0.1) is 0 Å². The third-order valence-corrected chi connectivity index (χ3v) is 2.95. The Morgan fingerprint density at radius 3 is 2.85 bits per heavy atom. The second kappa shape index (κ2) is 5.41. The molecule has 3 heteroatoms. The van der Waals surface area contributed by atoms with Crippen LogP contribution in [0.25, 0.3) is 10.9 Å². The minimum absolute atomic E-state index is 0.803. The van der Waals surface area contributed by atoms with Crippen LogP contribution in [0.4, 0.5) is 0 Å². The summed E-state index contributed by atoms with van der Waals surface area (Å²) in [4.78, 5) is 8.31. The summed E-state index contributed by atoms with van der Waals surface area (Å²) in [5.74, 6) is 7.10. The van der Waals surface area contributed by atoms with Crippen LogP contribution in [0.2, 0.25) is 0 Å². The third kappa shape index (κ3) is 2.45. The molecule has 96 valence electrons. The minimum Gasteiger partial charge on any atom is -0.497 e. The summed E-state index contributed by atoms with van der Waals surface area (Å²) in [6, 6.07) is 13.6. The van der Waals surface area contributed by atoms with E-state index in [4.69, 9.17) is 4.74 Å². The number of aromatic nitrogens is 2. The zero-order chi connectivity index (χ0) is 13.8. The number of fused-ring (bicyclic) bond motifs is 1. The average molecular weight is 260 g/mol. The largest absolute Gasteiger partial charge is 0.497 e. The van der Waals surface area contributed by atoms with E-state index in [1.807, 2.05) is 42.5 Å². The number of methoxy groups -OCH3 is 1. The fraction of sp³-hybridized carbons (Fsp3) is 0.0588. The number of para-hydroxylation sites is 1. The third-order valence-electron chi connectivity index (χ3n) is 2.95. The molecule has 0 aliphatic rings. The molecule has 0 spiro atoms. The van der Waals surface area contributed by atoms with E-state index in [1.54, 1.807) is 19.6 Å². The van der Waals surface area contributed by atoms with E-state index >= 15 is 0 Å². The minimum atomic E-state index is 0.803. The lowest BCUT2D eigenvalue weighted by Crippen LogP contribution is -1.86. The van der Waals surface area contributed by atoms with Crippen LogP contribution >= 0.6 is 0 Å². The first-order chi connectivity index (χ1) is 9.86. The number of hydrogen-bond donors (Lipinski definition) is 0. The molecule has 1 heterocycles. The van der Waals surface area contributed by atoms with Crippen LogP contribution in [0, 0.1) is 11.8 Å². The van der Waals surface area contributed by atoms with Crippen molar-refractivity contribution in [3.8, 4) is 17.6 Å². The Morgan fingerprint density at radius 2 is 1.95 bits per heavy atom. The zero-order valence-electron chi connectivity index (χ0n) is 11.0. The molecule has 3 nitrogen and oxygen atoms in total. The lowest BCUT2D eigenvalue weighted by atomic mass is 10.1. The van der Waals surface area contributed by atoms with E-state index in [1.165, 1.54) is 0 Å². The van der Waals surface area contributed by atoms with Crippen LogP contribution in [0.3, 0.4) is 0 Å². The number of hydrogen-bond acceptors (Lipinski definition) is 3. The van der Waals surface area contributed by atoms with Crippen molar-refractivity contribution in [2.45, 2.75) is 0 Å². The highest BCUT2D eigenvalue weighted by molar-refractivity contribution is 5.83. The Balaban J connectivity index is 2.03. The first-order valence-electron chi connectivity index (χ1n) is 6.21. The molecule has 0 N–H and O–H groups in total. The Labute approximate surface area is 117 Å². The van der Waals surface area contributed by atoms with E-state index < -0.39 is 0 Å². The molecule has 0 atom stereocenters. The average Bonchev–Trinajstić information content (AvgIpc) is 2.53. The standard InChI is InChI=1S/C17H12N2O/c1-20-16-7-2-4-13(10-16)8-9-14-5-3-6-15-11-18-12-19-17(14)15/h2-7,10-12H,1H3. The summed E-state index contributed by atoms with van der Waals surface area (Å²) in [6.07, 6.45) is 3.33. The molecule has 0 amide bonds. The van der Waals surface area contributed by atoms with E-state index in [0.717, 1.165) is 27.8 Å². The molecule has 3 aromatic rings. The van der Waals surface area contributed by atoms with Gasteiger partial charge in [-0.25, -0.2) is 9.97 Å². The molecule has 0 unspecified atom stereocenters. The predicted octanol–water partition coefficient (Wildman–Crippen LogP) is 3.04. The van der Waals surface area contributed by atoms with Crippen LogP contribution in [0.1, 0.15) is 11.1 Å². The second-order valence-electron chi connectivity index (χ2n) is 4.25. The van der Waals surface area contributed by atoms with Gasteiger partial charge in [-0.05, 0) is 24.3 Å². The Kier molecular flexibility index (Phi) is 3.30. The van der Waals surface area contributed by atoms with Crippen LogP contribution in [0.15, 0.2) is 55.0 Å². The molecular formula is C17H12N2O. The van der Waals surface area contributed by atoms with E-state index in [2.05, 4.69) is 21.8 Å². The Morgan fingerprint density at radius 1 is 1.05 bits per heavy atom. The van der Waals surface area contributed by atoms with Gasteiger partial charge >= 0.3 is 0 Å². The van der Waals surface area contributed by atoms with Gasteiger partial charge in [0.2, 0.25) is 0 Å². The molecule has 0 bridgehead atoms. The molecule has 0 saturated carbocycles. The van der Waals surface area contributed by atoms with Crippen molar-refractivity contribution in [2.75, 3.05) is 7.11 Å². The number of rotatable bonds is 1. The predicted molar refractivity (Wildman–Crippen MR) is 78.5 cm³/mol. The van der Waals surface area contributed by atoms with Gasteiger partial charge in [0, 0.05) is 17.1 Å². The first-order valence-corrected chi connectivity index (χ1v) is 6.21. The van der Waals surface area contributed by atoms with E-state index in [0.29, 0.717) is 0 Å². The normalized spacial score (nSPS) is 9.85. The van der Waals surface area contributed by atoms with E-state index in [-0.39, 0.29) is 0 Å². The van der Waals surface area contributed by atoms with Gasteiger partial charge in [-0.1, -0.05) is 30.0 Å². The SMILES string of the molecule is COc1cccc(C#Cc2cccc3cncnc23)c1. The van der Waals surface area contributed by atoms with Gasteiger partial charge in [0.1, 0.15) is 12.1 Å². The summed E-state index contributed by atoms with van der Waals surface area (Å²) in [7, 11) is 1.65. The zero-order valence-corrected chi connectivity index (χ0v) is 11.0. The molecule has 0 aliphatic heterocycles. The summed E-state index contributed by atoms with van der Waals surface area (Å²) in [5, 5.41) is 0.991. The fourth-order valence-electron chi connectivity index (χ4n) is 1.96.